The van der Waals surface area contributed by atoms with Crippen molar-refractivity contribution >= 4 is 0 Å². The van der Waals surface area contributed by atoms with E-state index in [1.807, 2.05) is 12.3 Å². The first-order valence-corrected chi connectivity index (χ1v) is 10.7. The SMILES string of the molecule is CN1CCCCC1CCN1CCC(Cn2nc(-n3cccn3)ccc2=O)CC1. The molecule has 7 heteroatoms. The molecule has 4 heterocycles. The predicted molar refractivity (Wildman–Crippen MR) is 110 cm³/mol. The molecule has 1 atom stereocenters. The van der Waals surface area contributed by atoms with Crippen LogP contribution in [0, 0.1) is 5.92 Å². The van der Waals surface area contributed by atoms with Gasteiger partial charge in [-0.15, -0.1) is 5.10 Å². The van der Waals surface area contributed by atoms with Gasteiger partial charge in [0.2, 0.25) is 0 Å². The van der Waals surface area contributed by atoms with Crippen LogP contribution in [0.1, 0.15) is 38.5 Å². The number of hydrogen-bond donors (Lipinski definition) is 0. The third-order valence-electron chi connectivity index (χ3n) is 6.43. The summed E-state index contributed by atoms with van der Waals surface area (Å²) in [6.45, 7) is 5.43. The zero-order valence-corrected chi connectivity index (χ0v) is 16.9. The molecule has 2 aliphatic heterocycles. The monoisotopic (exact) mass is 384 g/mol. The van der Waals surface area contributed by atoms with Crippen molar-refractivity contribution < 1.29 is 0 Å². The minimum Gasteiger partial charge on any atom is -0.303 e. The van der Waals surface area contributed by atoms with Crippen LogP contribution in [0.5, 0.6) is 0 Å². The van der Waals surface area contributed by atoms with Crippen molar-refractivity contribution in [3.05, 3.63) is 40.9 Å². The van der Waals surface area contributed by atoms with Crippen molar-refractivity contribution in [3.63, 3.8) is 0 Å². The quantitative estimate of drug-likeness (QED) is 0.763. The first-order chi connectivity index (χ1) is 13.7. The largest absolute Gasteiger partial charge is 0.303 e. The summed E-state index contributed by atoms with van der Waals surface area (Å²) in [5, 5.41) is 8.73. The molecule has 2 fully saturated rings. The van der Waals surface area contributed by atoms with Crippen LogP contribution >= 0.6 is 0 Å². The van der Waals surface area contributed by atoms with Gasteiger partial charge in [-0.2, -0.15) is 5.10 Å². The van der Waals surface area contributed by atoms with Gasteiger partial charge in [0.1, 0.15) is 0 Å². The van der Waals surface area contributed by atoms with Crippen molar-refractivity contribution in [3.8, 4) is 5.82 Å². The van der Waals surface area contributed by atoms with Crippen LogP contribution in [0.2, 0.25) is 0 Å². The number of piperidine rings is 2. The van der Waals surface area contributed by atoms with Gasteiger partial charge in [-0.3, -0.25) is 4.79 Å². The van der Waals surface area contributed by atoms with E-state index in [2.05, 4.69) is 27.0 Å². The Bertz CT molecular complexity index is 793. The zero-order valence-electron chi connectivity index (χ0n) is 16.9. The van der Waals surface area contributed by atoms with E-state index in [-0.39, 0.29) is 5.56 Å². The molecule has 7 nitrogen and oxygen atoms in total. The Balaban J connectivity index is 1.27. The molecule has 4 rings (SSSR count). The summed E-state index contributed by atoms with van der Waals surface area (Å²) in [5.74, 6) is 1.21. The second-order valence-electron chi connectivity index (χ2n) is 8.37. The highest BCUT2D eigenvalue weighted by molar-refractivity contribution is 5.17. The van der Waals surface area contributed by atoms with Crippen LogP contribution in [0.25, 0.3) is 5.82 Å². The summed E-state index contributed by atoms with van der Waals surface area (Å²) in [5.41, 5.74) is -0.0290. The molecule has 0 radical (unpaired) electrons. The first-order valence-electron chi connectivity index (χ1n) is 10.7. The van der Waals surface area contributed by atoms with Gasteiger partial charge in [0, 0.05) is 31.0 Å². The lowest BCUT2D eigenvalue weighted by Crippen LogP contribution is -2.41. The zero-order chi connectivity index (χ0) is 19.3. The van der Waals surface area contributed by atoms with E-state index in [0.29, 0.717) is 18.3 Å². The molecular weight excluding hydrogens is 352 g/mol. The fourth-order valence-electron chi connectivity index (χ4n) is 4.57. The number of nitrogens with zero attached hydrogens (tertiary/aromatic N) is 6. The minimum absolute atomic E-state index is 0.0290. The van der Waals surface area contributed by atoms with Gasteiger partial charge in [0.25, 0.3) is 5.56 Å². The van der Waals surface area contributed by atoms with E-state index in [4.69, 9.17) is 0 Å². The molecule has 2 aromatic rings. The number of aromatic nitrogens is 4. The molecule has 152 valence electrons. The number of rotatable bonds is 6. The van der Waals surface area contributed by atoms with E-state index in [1.165, 1.54) is 38.8 Å². The Morgan fingerprint density at radius 3 is 2.71 bits per heavy atom. The van der Waals surface area contributed by atoms with E-state index in [9.17, 15) is 4.79 Å². The van der Waals surface area contributed by atoms with Gasteiger partial charge in [-0.05, 0) is 83.4 Å². The molecule has 0 aliphatic carbocycles. The number of likely N-dealkylation sites (tertiary alicyclic amines) is 2. The van der Waals surface area contributed by atoms with Crippen molar-refractivity contribution in [1.29, 1.82) is 0 Å². The molecule has 0 aromatic carbocycles. The van der Waals surface area contributed by atoms with E-state index >= 15 is 0 Å². The van der Waals surface area contributed by atoms with E-state index < -0.39 is 0 Å². The highest BCUT2D eigenvalue weighted by Crippen LogP contribution is 2.21. The molecule has 2 saturated heterocycles. The Hall–Kier alpha value is -1.99. The normalized spacial score (nSPS) is 22.5. The third-order valence-corrected chi connectivity index (χ3v) is 6.43. The summed E-state index contributed by atoms with van der Waals surface area (Å²) in [6.07, 6.45) is 11.2. The smallest absolute Gasteiger partial charge is 0.266 e. The lowest BCUT2D eigenvalue weighted by molar-refractivity contribution is 0.129. The highest BCUT2D eigenvalue weighted by atomic mass is 16.1. The van der Waals surface area contributed by atoms with Crippen molar-refractivity contribution in [2.24, 2.45) is 5.92 Å². The van der Waals surface area contributed by atoms with Crippen molar-refractivity contribution in [1.82, 2.24) is 29.4 Å². The Kier molecular flexibility index (Phi) is 6.22. The lowest BCUT2D eigenvalue weighted by atomic mass is 9.95. The predicted octanol–water partition coefficient (Wildman–Crippen LogP) is 2.02. The third kappa shape index (κ3) is 4.70. The van der Waals surface area contributed by atoms with Gasteiger partial charge in [0.15, 0.2) is 5.82 Å². The van der Waals surface area contributed by atoms with Crippen LogP contribution in [0.15, 0.2) is 35.4 Å². The Labute approximate surface area is 166 Å². The summed E-state index contributed by atoms with van der Waals surface area (Å²) in [4.78, 5) is 17.4. The standard InChI is InChI=1S/C21H32N6O/c1-24-12-3-2-5-19(24)10-16-25-14-8-18(9-15-25)17-27-21(28)7-6-20(23-27)26-13-4-11-22-26/h4,6-7,11,13,18-19H,2-3,5,8-10,12,14-17H2,1H3. The van der Waals surface area contributed by atoms with Gasteiger partial charge < -0.3 is 9.80 Å². The van der Waals surface area contributed by atoms with Crippen molar-refractivity contribution in [2.45, 2.75) is 51.1 Å². The van der Waals surface area contributed by atoms with Gasteiger partial charge in [-0.25, -0.2) is 9.36 Å². The molecule has 0 N–H and O–H groups in total. The molecule has 28 heavy (non-hydrogen) atoms. The van der Waals surface area contributed by atoms with Gasteiger partial charge in [0.05, 0.1) is 0 Å². The topological polar surface area (TPSA) is 59.2 Å². The van der Waals surface area contributed by atoms with Crippen LogP contribution in [0.4, 0.5) is 0 Å². The van der Waals surface area contributed by atoms with Crippen molar-refractivity contribution in [2.75, 3.05) is 33.2 Å². The summed E-state index contributed by atoms with van der Waals surface area (Å²) < 4.78 is 3.31. The molecule has 0 amide bonds. The second kappa shape index (κ2) is 9.01. The van der Waals surface area contributed by atoms with Gasteiger partial charge in [-0.1, -0.05) is 6.42 Å². The van der Waals surface area contributed by atoms with Crippen LogP contribution in [-0.4, -0.2) is 68.6 Å². The Morgan fingerprint density at radius 1 is 1.11 bits per heavy atom. The molecule has 0 saturated carbocycles. The fraction of sp³-hybridized carbons (Fsp3) is 0.667. The summed E-state index contributed by atoms with van der Waals surface area (Å²) in [6, 6.07) is 5.95. The highest BCUT2D eigenvalue weighted by Gasteiger charge is 2.23. The maximum absolute atomic E-state index is 12.2. The number of hydrogen-bond acceptors (Lipinski definition) is 5. The molecular formula is C21H32N6O. The molecule has 2 aliphatic rings. The molecule has 1 unspecified atom stereocenters. The molecule has 0 bridgehead atoms. The van der Waals surface area contributed by atoms with Crippen LogP contribution in [0.3, 0.4) is 0 Å². The summed E-state index contributed by atoms with van der Waals surface area (Å²) in [7, 11) is 2.28. The van der Waals surface area contributed by atoms with E-state index in [1.54, 1.807) is 27.7 Å². The van der Waals surface area contributed by atoms with Crippen LogP contribution < -0.4 is 5.56 Å². The summed E-state index contributed by atoms with van der Waals surface area (Å²) >= 11 is 0. The molecule has 2 aromatic heterocycles. The lowest BCUT2D eigenvalue weighted by Gasteiger charge is -2.36. The molecule has 0 spiro atoms. The fourth-order valence-corrected chi connectivity index (χ4v) is 4.57. The Morgan fingerprint density at radius 2 is 1.96 bits per heavy atom. The van der Waals surface area contributed by atoms with Gasteiger partial charge >= 0.3 is 0 Å². The first kappa shape index (κ1) is 19.3. The maximum atomic E-state index is 12.2. The maximum Gasteiger partial charge on any atom is 0.266 e. The second-order valence-corrected chi connectivity index (χ2v) is 8.37. The minimum atomic E-state index is -0.0290. The van der Waals surface area contributed by atoms with Crippen LogP contribution in [-0.2, 0) is 6.54 Å². The van der Waals surface area contributed by atoms with E-state index in [0.717, 1.165) is 32.0 Å². The average molecular weight is 385 g/mol. The average Bonchev–Trinajstić information content (AvgIpc) is 3.25.